The van der Waals surface area contributed by atoms with Crippen molar-refractivity contribution in [1.29, 1.82) is 0 Å². The zero-order valence-corrected chi connectivity index (χ0v) is 33.5. The van der Waals surface area contributed by atoms with Crippen molar-refractivity contribution < 1.29 is 20.4 Å². The fraction of sp³-hybridized carbons (Fsp3) is 0.280. The summed E-state index contributed by atoms with van der Waals surface area (Å²) in [6.07, 6.45) is 2.18. The molecule has 0 fully saturated rings. The van der Waals surface area contributed by atoms with E-state index in [1.165, 1.54) is 27.8 Å². The molecule has 4 N–H and O–H groups in total. The van der Waals surface area contributed by atoms with Crippen LogP contribution in [-0.4, -0.2) is 46.9 Å². The highest BCUT2D eigenvalue weighted by molar-refractivity contribution is 5.46. The van der Waals surface area contributed by atoms with E-state index in [0.29, 0.717) is 25.7 Å². The standard InChI is InChI=1S/C15H24O4.5C7H8/c1-11-12(2-6-16)10-13(3-7-17)15(5-9-19)14(11)4-8-18;5*1-7-5-3-2-4-6-7/h10,16-19H,2-9H2,1H3;5*2-6H,1H3. The van der Waals surface area contributed by atoms with Gasteiger partial charge in [0, 0.05) is 26.4 Å². The summed E-state index contributed by atoms with van der Waals surface area (Å²) in [6, 6.07) is 53.3. The second-order valence-electron chi connectivity index (χ2n) is 12.9. The summed E-state index contributed by atoms with van der Waals surface area (Å²) in [6.45, 7) is 12.6. The smallest absolute Gasteiger partial charge is 0.0471 e. The number of hydrogen-bond donors (Lipinski definition) is 4. The first-order valence-electron chi connectivity index (χ1n) is 18.8. The molecule has 0 radical (unpaired) electrons. The van der Waals surface area contributed by atoms with Gasteiger partial charge in [0.05, 0.1) is 0 Å². The fourth-order valence-electron chi connectivity index (χ4n) is 5.29. The molecular formula is C50H64O4. The summed E-state index contributed by atoms with van der Waals surface area (Å²) in [5, 5.41) is 36.7. The molecule has 0 aliphatic heterocycles. The Morgan fingerprint density at radius 1 is 0.296 bits per heavy atom. The van der Waals surface area contributed by atoms with Gasteiger partial charge in [0.25, 0.3) is 0 Å². The summed E-state index contributed by atoms with van der Waals surface area (Å²) in [5.74, 6) is 0. The first-order valence-corrected chi connectivity index (χ1v) is 18.8. The minimum absolute atomic E-state index is 0.0512. The monoisotopic (exact) mass is 728 g/mol. The topological polar surface area (TPSA) is 80.9 Å². The van der Waals surface area contributed by atoms with E-state index in [4.69, 9.17) is 10.2 Å². The number of aliphatic hydroxyl groups is 4. The third-order valence-electron chi connectivity index (χ3n) is 8.22. The van der Waals surface area contributed by atoms with Crippen LogP contribution in [0.3, 0.4) is 0 Å². The zero-order valence-electron chi connectivity index (χ0n) is 33.5. The van der Waals surface area contributed by atoms with Crippen LogP contribution in [0.5, 0.6) is 0 Å². The molecule has 0 saturated carbocycles. The van der Waals surface area contributed by atoms with E-state index in [2.05, 4.69) is 95.3 Å². The summed E-state index contributed by atoms with van der Waals surface area (Å²) >= 11 is 0. The maximum Gasteiger partial charge on any atom is 0.0471 e. The maximum absolute atomic E-state index is 9.22. The first kappa shape index (κ1) is 47.2. The number of aryl methyl sites for hydroxylation is 5. The Labute approximate surface area is 326 Å². The molecule has 0 saturated heterocycles. The van der Waals surface area contributed by atoms with Gasteiger partial charge in [0.1, 0.15) is 0 Å². The summed E-state index contributed by atoms with van der Waals surface area (Å²) in [7, 11) is 0. The quantitative estimate of drug-likeness (QED) is 0.126. The third kappa shape index (κ3) is 22.3. The van der Waals surface area contributed by atoms with Gasteiger partial charge >= 0.3 is 0 Å². The molecule has 0 bridgehead atoms. The number of rotatable bonds is 8. The normalized spacial score (nSPS) is 9.52. The van der Waals surface area contributed by atoms with Crippen molar-refractivity contribution in [2.45, 2.75) is 67.2 Å². The van der Waals surface area contributed by atoms with Crippen LogP contribution in [0, 0.1) is 41.5 Å². The molecule has 4 heteroatoms. The van der Waals surface area contributed by atoms with Gasteiger partial charge in [-0.1, -0.05) is 186 Å². The molecular weight excluding hydrogens is 665 g/mol. The summed E-state index contributed by atoms with van der Waals surface area (Å²) < 4.78 is 0. The lowest BCUT2D eigenvalue weighted by molar-refractivity contribution is 0.288. The molecule has 0 aliphatic rings. The Morgan fingerprint density at radius 2 is 0.537 bits per heavy atom. The van der Waals surface area contributed by atoms with E-state index >= 15 is 0 Å². The van der Waals surface area contributed by atoms with Crippen molar-refractivity contribution in [3.63, 3.8) is 0 Å². The van der Waals surface area contributed by atoms with Crippen molar-refractivity contribution in [3.8, 4) is 0 Å². The predicted octanol–water partition coefficient (Wildman–Crippen LogP) is 10.1. The predicted molar refractivity (Wildman–Crippen MR) is 230 cm³/mol. The molecule has 0 aliphatic carbocycles. The van der Waals surface area contributed by atoms with E-state index in [-0.39, 0.29) is 26.4 Å². The molecule has 0 aromatic heterocycles. The Kier molecular flexibility index (Phi) is 26.7. The number of benzene rings is 6. The summed E-state index contributed by atoms with van der Waals surface area (Å²) in [5.41, 5.74) is 11.8. The van der Waals surface area contributed by atoms with Crippen LogP contribution in [-0.2, 0) is 25.7 Å². The van der Waals surface area contributed by atoms with Crippen LogP contribution < -0.4 is 0 Å². The zero-order chi connectivity index (χ0) is 39.8. The molecule has 0 atom stereocenters. The molecule has 0 amide bonds. The molecule has 54 heavy (non-hydrogen) atoms. The van der Waals surface area contributed by atoms with Gasteiger partial charge in [-0.3, -0.25) is 0 Å². The second-order valence-corrected chi connectivity index (χ2v) is 12.9. The minimum atomic E-state index is 0.0512. The van der Waals surface area contributed by atoms with Gasteiger partial charge in [-0.05, 0) is 95.0 Å². The molecule has 6 aromatic carbocycles. The van der Waals surface area contributed by atoms with Crippen LogP contribution in [0.15, 0.2) is 158 Å². The van der Waals surface area contributed by atoms with E-state index in [0.717, 1.165) is 27.8 Å². The molecule has 6 rings (SSSR count). The van der Waals surface area contributed by atoms with Crippen molar-refractivity contribution in [2.24, 2.45) is 0 Å². The molecule has 288 valence electrons. The lowest BCUT2D eigenvalue weighted by Crippen LogP contribution is -2.11. The van der Waals surface area contributed by atoms with Gasteiger partial charge in [-0.15, -0.1) is 0 Å². The highest BCUT2D eigenvalue weighted by atomic mass is 16.3. The van der Waals surface area contributed by atoms with Gasteiger partial charge in [-0.2, -0.15) is 0 Å². The van der Waals surface area contributed by atoms with Crippen molar-refractivity contribution >= 4 is 0 Å². The van der Waals surface area contributed by atoms with Crippen LogP contribution in [0.2, 0.25) is 0 Å². The highest BCUT2D eigenvalue weighted by Gasteiger charge is 2.14. The maximum atomic E-state index is 9.22. The molecule has 0 unspecified atom stereocenters. The van der Waals surface area contributed by atoms with Gasteiger partial charge in [0.15, 0.2) is 0 Å². The van der Waals surface area contributed by atoms with Crippen molar-refractivity contribution in [1.82, 2.24) is 0 Å². The Balaban J connectivity index is 0.000000348. The summed E-state index contributed by atoms with van der Waals surface area (Å²) in [4.78, 5) is 0. The van der Waals surface area contributed by atoms with Crippen molar-refractivity contribution in [3.05, 3.63) is 213 Å². The van der Waals surface area contributed by atoms with E-state index in [9.17, 15) is 10.2 Å². The van der Waals surface area contributed by atoms with Gasteiger partial charge < -0.3 is 20.4 Å². The van der Waals surface area contributed by atoms with E-state index < -0.39 is 0 Å². The molecule has 6 aromatic rings. The van der Waals surface area contributed by atoms with Gasteiger partial charge in [-0.25, -0.2) is 0 Å². The van der Waals surface area contributed by atoms with Gasteiger partial charge in [0.2, 0.25) is 0 Å². The lowest BCUT2D eigenvalue weighted by atomic mass is 9.87. The first-order chi connectivity index (χ1) is 26.2. The Bertz CT molecular complexity index is 1510. The van der Waals surface area contributed by atoms with E-state index in [1.54, 1.807) is 0 Å². The third-order valence-corrected chi connectivity index (χ3v) is 8.22. The highest BCUT2D eigenvalue weighted by Crippen LogP contribution is 2.25. The van der Waals surface area contributed by atoms with Crippen molar-refractivity contribution in [2.75, 3.05) is 26.4 Å². The SMILES string of the molecule is Cc1c(CCO)cc(CCO)c(CCO)c1CCO.Cc1ccccc1.Cc1ccccc1.Cc1ccccc1.Cc1ccccc1.Cc1ccccc1. The van der Waals surface area contributed by atoms with Crippen LogP contribution in [0.1, 0.15) is 55.6 Å². The Hall–Kier alpha value is -4.84. The number of aliphatic hydroxyl groups excluding tert-OH is 4. The number of hydrogen-bond acceptors (Lipinski definition) is 4. The molecule has 4 nitrogen and oxygen atoms in total. The Morgan fingerprint density at radius 3 is 0.759 bits per heavy atom. The lowest BCUT2D eigenvalue weighted by Gasteiger charge is -2.19. The van der Waals surface area contributed by atoms with Crippen LogP contribution in [0.4, 0.5) is 0 Å². The molecule has 0 heterocycles. The minimum Gasteiger partial charge on any atom is -0.396 e. The average Bonchev–Trinajstić information content (AvgIpc) is 3.18. The average molecular weight is 729 g/mol. The fourth-order valence-corrected chi connectivity index (χ4v) is 5.29. The van der Waals surface area contributed by atoms with E-state index in [1.807, 2.05) is 104 Å². The largest absolute Gasteiger partial charge is 0.396 e. The van der Waals surface area contributed by atoms with Crippen LogP contribution in [0.25, 0.3) is 0 Å². The van der Waals surface area contributed by atoms with Crippen LogP contribution >= 0.6 is 0 Å². The molecule has 0 spiro atoms. The second kappa shape index (κ2) is 30.6.